The van der Waals surface area contributed by atoms with Gasteiger partial charge in [0, 0.05) is 38.4 Å². The molecular formula is C21H27N3O. The molecule has 0 saturated carbocycles. The van der Waals surface area contributed by atoms with E-state index in [1.165, 1.54) is 11.3 Å². The van der Waals surface area contributed by atoms with Crippen LogP contribution < -0.4 is 10.2 Å². The Morgan fingerprint density at radius 2 is 1.64 bits per heavy atom. The van der Waals surface area contributed by atoms with Crippen LogP contribution in [0.2, 0.25) is 0 Å². The Kier molecular flexibility index (Phi) is 5.71. The first-order valence-corrected chi connectivity index (χ1v) is 9.01. The molecular weight excluding hydrogens is 310 g/mol. The largest absolute Gasteiger partial charge is 0.369 e. The van der Waals surface area contributed by atoms with Gasteiger partial charge >= 0.3 is 0 Å². The van der Waals surface area contributed by atoms with Crippen LogP contribution in [0.5, 0.6) is 0 Å². The third-order valence-corrected chi connectivity index (χ3v) is 4.95. The van der Waals surface area contributed by atoms with Gasteiger partial charge in [-0.05, 0) is 31.5 Å². The molecule has 1 N–H and O–H groups in total. The Morgan fingerprint density at radius 1 is 1.00 bits per heavy atom. The molecule has 0 bridgehead atoms. The summed E-state index contributed by atoms with van der Waals surface area (Å²) in [5.41, 5.74) is 3.64. The maximum Gasteiger partial charge on any atom is 0.237 e. The minimum Gasteiger partial charge on any atom is -0.369 e. The number of nitrogens with one attached hydrogen (secondary N) is 1. The van der Waals surface area contributed by atoms with Crippen LogP contribution in [0.15, 0.2) is 54.6 Å². The van der Waals surface area contributed by atoms with Crippen LogP contribution in [0, 0.1) is 6.92 Å². The van der Waals surface area contributed by atoms with Gasteiger partial charge in [-0.2, -0.15) is 0 Å². The lowest BCUT2D eigenvalue weighted by atomic mass is 10.1. The molecule has 1 atom stereocenters. The van der Waals surface area contributed by atoms with Gasteiger partial charge in [-0.15, -0.1) is 0 Å². The number of aryl methyl sites for hydroxylation is 1. The number of piperazine rings is 1. The third kappa shape index (κ3) is 4.60. The molecule has 3 rings (SSSR count). The van der Waals surface area contributed by atoms with Gasteiger partial charge in [0.15, 0.2) is 0 Å². The first-order chi connectivity index (χ1) is 12.1. The van der Waals surface area contributed by atoms with E-state index in [4.69, 9.17) is 0 Å². The van der Waals surface area contributed by atoms with Gasteiger partial charge in [-0.1, -0.05) is 48.0 Å². The van der Waals surface area contributed by atoms with E-state index in [1.54, 1.807) is 0 Å². The van der Waals surface area contributed by atoms with Gasteiger partial charge < -0.3 is 10.2 Å². The first kappa shape index (κ1) is 17.5. The molecule has 132 valence electrons. The molecule has 1 aliphatic heterocycles. The molecule has 1 heterocycles. The average molecular weight is 337 g/mol. The van der Waals surface area contributed by atoms with Crippen molar-refractivity contribution in [2.45, 2.75) is 26.4 Å². The van der Waals surface area contributed by atoms with Crippen molar-refractivity contribution < 1.29 is 4.79 Å². The molecule has 1 saturated heterocycles. The number of benzene rings is 2. The number of carbonyl (C=O) groups excluding carboxylic acids is 1. The predicted molar refractivity (Wildman–Crippen MR) is 103 cm³/mol. The van der Waals surface area contributed by atoms with Gasteiger partial charge in [-0.25, -0.2) is 0 Å². The highest BCUT2D eigenvalue weighted by Gasteiger charge is 2.25. The Hall–Kier alpha value is -2.33. The average Bonchev–Trinajstić information content (AvgIpc) is 2.67. The third-order valence-electron chi connectivity index (χ3n) is 4.95. The summed E-state index contributed by atoms with van der Waals surface area (Å²) in [6.07, 6.45) is 0. The Bertz CT molecular complexity index is 676. The van der Waals surface area contributed by atoms with E-state index in [0.29, 0.717) is 6.54 Å². The summed E-state index contributed by atoms with van der Waals surface area (Å²) in [5, 5.41) is 3.06. The molecule has 1 aliphatic rings. The highest BCUT2D eigenvalue weighted by molar-refractivity contribution is 5.81. The van der Waals surface area contributed by atoms with Crippen molar-refractivity contribution >= 4 is 11.6 Å². The van der Waals surface area contributed by atoms with E-state index in [1.807, 2.05) is 13.0 Å². The molecule has 2 aromatic rings. The summed E-state index contributed by atoms with van der Waals surface area (Å²) in [4.78, 5) is 17.1. The van der Waals surface area contributed by atoms with Crippen molar-refractivity contribution in [1.82, 2.24) is 10.2 Å². The first-order valence-electron chi connectivity index (χ1n) is 9.01. The van der Waals surface area contributed by atoms with Crippen molar-refractivity contribution in [3.8, 4) is 0 Å². The fraction of sp³-hybridized carbons (Fsp3) is 0.381. The van der Waals surface area contributed by atoms with E-state index >= 15 is 0 Å². The number of hydrogen-bond donors (Lipinski definition) is 1. The predicted octanol–water partition coefficient (Wildman–Crippen LogP) is 2.82. The number of carbonyl (C=O) groups is 1. The van der Waals surface area contributed by atoms with Gasteiger partial charge in [-0.3, -0.25) is 9.69 Å². The van der Waals surface area contributed by atoms with Crippen molar-refractivity contribution in [3.63, 3.8) is 0 Å². The lowest BCUT2D eigenvalue weighted by Crippen LogP contribution is -2.53. The fourth-order valence-corrected chi connectivity index (χ4v) is 3.21. The van der Waals surface area contributed by atoms with Crippen molar-refractivity contribution in [2.75, 3.05) is 31.1 Å². The summed E-state index contributed by atoms with van der Waals surface area (Å²) in [6, 6.07) is 18.7. The molecule has 2 aromatic carbocycles. The summed E-state index contributed by atoms with van der Waals surface area (Å²) in [6.45, 7) is 8.40. The SMILES string of the molecule is Cc1ccc(CNC(=O)[C@H](C)N2CCN(c3ccccc3)CC2)cc1. The maximum absolute atomic E-state index is 12.5. The summed E-state index contributed by atoms with van der Waals surface area (Å²) in [5.74, 6) is 0.105. The number of para-hydroxylation sites is 1. The zero-order valence-corrected chi connectivity index (χ0v) is 15.1. The number of nitrogens with zero attached hydrogens (tertiary/aromatic N) is 2. The molecule has 0 aromatic heterocycles. The summed E-state index contributed by atoms with van der Waals surface area (Å²) >= 11 is 0. The van der Waals surface area contributed by atoms with Crippen molar-refractivity contribution in [2.24, 2.45) is 0 Å². The Labute approximate surface area is 150 Å². The van der Waals surface area contributed by atoms with Crippen LogP contribution in [0.25, 0.3) is 0 Å². The van der Waals surface area contributed by atoms with E-state index in [9.17, 15) is 4.79 Å². The molecule has 1 fully saturated rings. The monoisotopic (exact) mass is 337 g/mol. The highest BCUT2D eigenvalue weighted by atomic mass is 16.2. The minimum absolute atomic E-state index is 0.0941. The van der Waals surface area contributed by atoms with Crippen LogP contribution >= 0.6 is 0 Å². The highest BCUT2D eigenvalue weighted by Crippen LogP contribution is 2.16. The van der Waals surface area contributed by atoms with Crippen LogP contribution in [0.1, 0.15) is 18.1 Å². The van der Waals surface area contributed by atoms with Crippen LogP contribution in [-0.4, -0.2) is 43.0 Å². The van der Waals surface area contributed by atoms with Crippen molar-refractivity contribution in [1.29, 1.82) is 0 Å². The van der Waals surface area contributed by atoms with E-state index in [0.717, 1.165) is 31.7 Å². The zero-order chi connectivity index (χ0) is 17.6. The molecule has 1 amide bonds. The molecule has 0 unspecified atom stereocenters. The molecule has 25 heavy (non-hydrogen) atoms. The van der Waals surface area contributed by atoms with E-state index in [2.05, 4.69) is 70.6 Å². The van der Waals surface area contributed by atoms with E-state index < -0.39 is 0 Å². The number of rotatable bonds is 5. The Balaban J connectivity index is 1.47. The smallest absolute Gasteiger partial charge is 0.237 e. The second-order valence-electron chi connectivity index (χ2n) is 6.74. The van der Waals surface area contributed by atoms with Gasteiger partial charge in [0.25, 0.3) is 0 Å². The minimum atomic E-state index is -0.0941. The second kappa shape index (κ2) is 8.17. The molecule has 0 aliphatic carbocycles. The molecule has 0 spiro atoms. The van der Waals surface area contributed by atoms with Crippen molar-refractivity contribution in [3.05, 3.63) is 65.7 Å². The number of hydrogen-bond acceptors (Lipinski definition) is 3. The lowest BCUT2D eigenvalue weighted by molar-refractivity contribution is -0.126. The summed E-state index contributed by atoms with van der Waals surface area (Å²) in [7, 11) is 0. The lowest BCUT2D eigenvalue weighted by Gasteiger charge is -2.38. The fourth-order valence-electron chi connectivity index (χ4n) is 3.21. The molecule has 0 radical (unpaired) electrons. The van der Waals surface area contributed by atoms with Gasteiger partial charge in [0.05, 0.1) is 6.04 Å². The standard InChI is InChI=1S/C21H27N3O/c1-17-8-10-19(11-9-17)16-22-21(25)18(2)23-12-14-24(15-13-23)20-6-4-3-5-7-20/h3-11,18H,12-16H2,1-2H3,(H,22,25)/t18-/m0/s1. The normalized spacial score (nSPS) is 16.5. The zero-order valence-electron chi connectivity index (χ0n) is 15.1. The molecule has 4 heteroatoms. The van der Waals surface area contributed by atoms with Gasteiger partial charge in [0.1, 0.15) is 0 Å². The molecule has 4 nitrogen and oxygen atoms in total. The topological polar surface area (TPSA) is 35.6 Å². The summed E-state index contributed by atoms with van der Waals surface area (Å²) < 4.78 is 0. The van der Waals surface area contributed by atoms with Gasteiger partial charge in [0.2, 0.25) is 5.91 Å². The van der Waals surface area contributed by atoms with Crippen LogP contribution in [0.3, 0.4) is 0 Å². The quantitative estimate of drug-likeness (QED) is 0.911. The second-order valence-corrected chi connectivity index (χ2v) is 6.74. The number of amides is 1. The van der Waals surface area contributed by atoms with E-state index in [-0.39, 0.29) is 11.9 Å². The van der Waals surface area contributed by atoms with Crippen LogP contribution in [0.4, 0.5) is 5.69 Å². The Morgan fingerprint density at radius 3 is 2.28 bits per heavy atom. The van der Waals surface area contributed by atoms with Crippen LogP contribution in [-0.2, 0) is 11.3 Å². The maximum atomic E-state index is 12.5. The number of anilines is 1.